The predicted octanol–water partition coefficient (Wildman–Crippen LogP) is 18.4. The van der Waals surface area contributed by atoms with Gasteiger partial charge < -0.3 is 51.8 Å². The van der Waals surface area contributed by atoms with Gasteiger partial charge in [0.1, 0.15) is 81.8 Å². The monoisotopic (exact) mass is 1250 g/mol. The zero-order valence-corrected chi connectivity index (χ0v) is 52.6. The molecule has 0 aliphatic rings. The summed E-state index contributed by atoms with van der Waals surface area (Å²) in [7, 11) is 2.72. The summed E-state index contributed by atoms with van der Waals surface area (Å²) in [6.07, 6.45) is 9.77. The zero-order valence-electron chi connectivity index (χ0n) is 51.0. The first kappa shape index (κ1) is 64.8. The largest absolute Gasteiger partial charge is 0.493 e. The lowest BCUT2D eigenvalue weighted by Crippen LogP contribution is -2.08. The quantitative estimate of drug-likeness (QED) is 0.0301. The van der Waals surface area contributed by atoms with E-state index in [4.69, 9.17) is 51.8 Å². The molecule has 0 saturated carbocycles. The van der Waals surface area contributed by atoms with Crippen LogP contribution in [0.5, 0.6) is 57.5 Å². The first-order chi connectivity index (χ1) is 43.1. The summed E-state index contributed by atoms with van der Waals surface area (Å²) < 4.78 is 65.9. The smallest absolute Gasteiger partial charge is 0.341 e. The number of para-hydroxylation sites is 2. The molecule has 88 heavy (non-hydrogen) atoms. The number of hydrogen-bond donors (Lipinski definition) is 0. The highest BCUT2D eigenvalue weighted by Gasteiger charge is 2.20. The summed E-state index contributed by atoms with van der Waals surface area (Å²) >= 11 is 3.64. The lowest BCUT2D eigenvalue weighted by molar-refractivity contribution is 0.0588. The second kappa shape index (κ2) is 34.3. The fourth-order valence-corrected chi connectivity index (χ4v) is 10.1. The van der Waals surface area contributed by atoms with Crippen LogP contribution in [0.15, 0.2) is 197 Å². The van der Waals surface area contributed by atoms with Crippen molar-refractivity contribution < 1.29 is 61.4 Å². The molecule has 1 aromatic heterocycles. The summed E-state index contributed by atoms with van der Waals surface area (Å²) in [5, 5.41) is 0. The van der Waals surface area contributed by atoms with Gasteiger partial charge in [-0.25, -0.2) is 9.59 Å². The van der Waals surface area contributed by atoms with E-state index in [0.29, 0.717) is 86.6 Å². The van der Waals surface area contributed by atoms with Gasteiger partial charge in [-0.15, -0.1) is 0 Å². The van der Waals surface area contributed by atoms with E-state index < -0.39 is 11.9 Å². The van der Waals surface area contributed by atoms with Gasteiger partial charge in [0.15, 0.2) is 0 Å². The van der Waals surface area contributed by atoms with Crippen molar-refractivity contribution in [2.24, 2.45) is 0 Å². The van der Waals surface area contributed by atoms with Crippen molar-refractivity contribution in [2.75, 3.05) is 40.6 Å². The summed E-state index contributed by atoms with van der Waals surface area (Å²) in [6.45, 7) is 11.3. The highest BCUT2D eigenvalue weighted by Crippen LogP contribution is 2.40. The number of furan rings is 1. The standard InChI is InChI=1S/C39H40O7.C35H37BrO6/c1-4-13-31-34(18-11-19-35(31)46-36-17-10-9-16-32(36)39(40)41-3)43-21-12-22-44-37-25-38(45-26-28-14-7-6-8-15-28)33(24-29(37)5-2)30-20-23-42-27-30;1-4-13-27-30(18-11-19-31(27)42-32-17-10-9-16-28(32)35(37)38-3)39-20-12-21-40-33-23-34(29(36)22-26(33)5-2)41-24-25-14-7-6-8-15-25/h6-11,14-20,23-25,27H,4-5,12-13,21-22,26H2,1-3H3;6-11,14-19,22-23H,4-5,12-13,20-21,24H2,1-3H3. The van der Waals surface area contributed by atoms with Crippen LogP contribution in [0, 0.1) is 0 Å². The second-order valence-corrected chi connectivity index (χ2v) is 21.2. The minimum atomic E-state index is -0.447. The maximum Gasteiger partial charge on any atom is 0.341 e. The lowest BCUT2D eigenvalue weighted by atomic mass is 10.0. The third kappa shape index (κ3) is 18.2. The highest BCUT2D eigenvalue weighted by molar-refractivity contribution is 9.10. The Bertz CT molecular complexity index is 3620. The molecule has 0 bridgehead atoms. The van der Waals surface area contributed by atoms with Crippen molar-refractivity contribution in [2.45, 2.75) is 92.3 Å². The van der Waals surface area contributed by atoms with Gasteiger partial charge in [0.25, 0.3) is 0 Å². The average molecular weight is 1250 g/mol. The van der Waals surface area contributed by atoms with Crippen LogP contribution in [0.1, 0.15) is 107 Å². The van der Waals surface area contributed by atoms with Crippen molar-refractivity contribution in [1.29, 1.82) is 0 Å². The van der Waals surface area contributed by atoms with Crippen molar-refractivity contribution >= 4 is 27.9 Å². The van der Waals surface area contributed by atoms with Crippen LogP contribution in [-0.4, -0.2) is 52.6 Å². The molecule has 9 rings (SSSR count). The number of carbonyl (C=O) groups excluding carboxylic acids is 2. The molecule has 0 saturated heterocycles. The number of carbonyl (C=O) groups is 2. The first-order valence-corrected chi connectivity index (χ1v) is 30.7. The molecule has 0 fully saturated rings. The third-order valence-corrected chi connectivity index (χ3v) is 14.8. The van der Waals surface area contributed by atoms with Gasteiger partial charge in [-0.2, -0.15) is 0 Å². The van der Waals surface area contributed by atoms with Crippen LogP contribution >= 0.6 is 15.9 Å². The number of hydrogen-bond acceptors (Lipinski definition) is 13. The van der Waals surface area contributed by atoms with Crippen LogP contribution in [0.3, 0.4) is 0 Å². The van der Waals surface area contributed by atoms with Gasteiger partial charge in [0.2, 0.25) is 0 Å². The molecule has 0 spiro atoms. The Labute approximate surface area is 525 Å². The Hall–Kier alpha value is -9.14. The molecule has 0 amide bonds. The summed E-state index contributed by atoms with van der Waals surface area (Å²) in [5.74, 6) is 5.92. The van der Waals surface area contributed by atoms with Crippen LogP contribution in [0.25, 0.3) is 11.1 Å². The van der Waals surface area contributed by atoms with E-state index in [1.165, 1.54) is 14.2 Å². The topological polar surface area (TPSA) is 140 Å². The lowest BCUT2D eigenvalue weighted by Gasteiger charge is -2.18. The molecule has 458 valence electrons. The SMILES string of the molecule is CCCc1c(OCCCOc2cc(OCc3ccccc3)c(-c3ccoc3)cc2CC)cccc1Oc1ccccc1C(=O)OC.CCCc1c(OCCCOc2cc(OCc3ccccc3)c(Br)cc2CC)cccc1Oc1ccccc1C(=O)OC. The maximum absolute atomic E-state index is 12.3. The van der Waals surface area contributed by atoms with E-state index >= 15 is 0 Å². The van der Waals surface area contributed by atoms with Crippen LogP contribution < -0.4 is 37.9 Å². The fraction of sp³-hybridized carbons (Fsp3) is 0.270. The van der Waals surface area contributed by atoms with Crippen LogP contribution in [0.4, 0.5) is 0 Å². The molecule has 0 aliphatic heterocycles. The number of methoxy groups -OCH3 is 2. The Balaban J connectivity index is 0.000000229. The maximum atomic E-state index is 12.3. The highest BCUT2D eigenvalue weighted by atomic mass is 79.9. The molecule has 0 atom stereocenters. The Morgan fingerprint density at radius 2 is 0.841 bits per heavy atom. The third-order valence-electron chi connectivity index (χ3n) is 14.2. The molecule has 0 unspecified atom stereocenters. The molecule has 14 heteroatoms. The first-order valence-electron chi connectivity index (χ1n) is 30.0. The molecular weight excluding hydrogens is 1180 g/mol. The van der Waals surface area contributed by atoms with Crippen molar-refractivity contribution in [3.05, 3.63) is 237 Å². The Kier molecular flexibility index (Phi) is 25.3. The van der Waals surface area contributed by atoms with Gasteiger partial charge in [0, 0.05) is 47.2 Å². The Morgan fingerprint density at radius 3 is 1.30 bits per heavy atom. The number of esters is 2. The van der Waals surface area contributed by atoms with Gasteiger partial charge >= 0.3 is 11.9 Å². The van der Waals surface area contributed by atoms with Gasteiger partial charge in [0.05, 0.1) is 57.6 Å². The average Bonchev–Trinajstić information content (AvgIpc) is 2.68. The van der Waals surface area contributed by atoms with Crippen LogP contribution in [0.2, 0.25) is 0 Å². The van der Waals surface area contributed by atoms with E-state index in [0.717, 1.165) is 122 Å². The number of benzene rings is 8. The van der Waals surface area contributed by atoms with E-state index in [1.807, 2.05) is 127 Å². The van der Waals surface area contributed by atoms with Crippen molar-refractivity contribution in [1.82, 2.24) is 0 Å². The summed E-state index contributed by atoms with van der Waals surface area (Å²) in [4.78, 5) is 24.5. The number of rotatable bonds is 31. The van der Waals surface area contributed by atoms with Crippen molar-refractivity contribution in [3.63, 3.8) is 0 Å². The van der Waals surface area contributed by atoms with E-state index in [9.17, 15) is 9.59 Å². The van der Waals surface area contributed by atoms with Gasteiger partial charge in [-0.3, -0.25) is 0 Å². The van der Waals surface area contributed by atoms with E-state index in [-0.39, 0.29) is 0 Å². The van der Waals surface area contributed by atoms with E-state index in [2.05, 4.69) is 55.8 Å². The molecule has 0 N–H and O–H groups in total. The molecule has 0 radical (unpaired) electrons. The van der Waals surface area contributed by atoms with Gasteiger partial charge in [-0.1, -0.05) is 138 Å². The molecule has 1 heterocycles. The molecular formula is C74H77BrO13. The molecule has 13 nitrogen and oxygen atoms in total. The summed E-state index contributed by atoms with van der Waals surface area (Å²) in [6, 6.07) is 55.8. The number of ether oxygens (including phenoxy) is 10. The van der Waals surface area contributed by atoms with Gasteiger partial charge in [-0.05, 0) is 131 Å². The normalized spacial score (nSPS) is 10.7. The fourth-order valence-electron chi connectivity index (χ4n) is 9.64. The number of aryl methyl sites for hydroxylation is 2. The zero-order chi connectivity index (χ0) is 61.9. The Morgan fingerprint density at radius 1 is 0.420 bits per heavy atom. The second-order valence-electron chi connectivity index (χ2n) is 20.4. The number of halogens is 1. The minimum Gasteiger partial charge on any atom is -0.493 e. The predicted molar refractivity (Wildman–Crippen MR) is 346 cm³/mol. The molecule has 8 aromatic carbocycles. The minimum absolute atomic E-state index is 0.369. The van der Waals surface area contributed by atoms with E-state index in [1.54, 1.807) is 48.9 Å². The summed E-state index contributed by atoms with van der Waals surface area (Å²) in [5.41, 5.74) is 8.97. The van der Waals surface area contributed by atoms with Crippen LogP contribution in [-0.2, 0) is 48.4 Å². The molecule has 0 aliphatic carbocycles. The van der Waals surface area contributed by atoms with Crippen molar-refractivity contribution in [3.8, 4) is 68.6 Å². The molecule has 9 aromatic rings.